The lowest BCUT2D eigenvalue weighted by atomic mass is 10.1. The van der Waals surface area contributed by atoms with E-state index in [4.69, 9.17) is 4.74 Å². The van der Waals surface area contributed by atoms with Crippen molar-refractivity contribution in [1.29, 1.82) is 0 Å². The lowest BCUT2D eigenvalue weighted by molar-refractivity contribution is 0.284. The van der Waals surface area contributed by atoms with Gasteiger partial charge < -0.3 is 10.1 Å². The van der Waals surface area contributed by atoms with Crippen LogP contribution < -0.4 is 10.1 Å². The number of nitrogens with one attached hydrogen (secondary N) is 1. The smallest absolute Gasteiger partial charge is 0.165 e. The standard InChI is InChI=1S/C15H15F2NO/c1-18-9-11-6-7-13(16)12(8-11)10-19-15-5-3-2-4-14(15)17/h2-8,18H,9-10H2,1H3. The molecule has 0 amide bonds. The van der Waals surface area contributed by atoms with Crippen molar-refractivity contribution < 1.29 is 13.5 Å². The molecule has 1 N–H and O–H groups in total. The molecular weight excluding hydrogens is 248 g/mol. The number of rotatable bonds is 5. The van der Waals surface area contributed by atoms with Gasteiger partial charge in [0.15, 0.2) is 11.6 Å². The van der Waals surface area contributed by atoms with Gasteiger partial charge in [0.25, 0.3) is 0 Å². The Kier molecular flexibility index (Phi) is 4.47. The van der Waals surface area contributed by atoms with Crippen molar-refractivity contribution in [3.63, 3.8) is 0 Å². The number of para-hydroxylation sites is 1. The van der Waals surface area contributed by atoms with Crippen LogP contribution in [-0.4, -0.2) is 7.05 Å². The zero-order valence-electron chi connectivity index (χ0n) is 10.6. The fraction of sp³-hybridized carbons (Fsp3) is 0.200. The van der Waals surface area contributed by atoms with E-state index in [-0.39, 0.29) is 18.2 Å². The van der Waals surface area contributed by atoms with Crippen molar-refractivity contribution in [3.05, 3.63) is 65.2 Å². The van der Waals surface area contributed by atoms with Gasteiger partial charge in [-0.15, -0.1) is 0 Å². The van der Waals surface area contributed by atoms with Crippen molar-refractivity contribution in [2.75, 3.05) is 7.05 Å². The molecular formula is C15H15F2NO. The van der Waals surface area contributed by atoms with Gasteiger partial charge in [-0.2, -0.15) is 0 Å². The summed E-state index contributed by atoms with van der Waals surface area (Å²) in [6, 6.07) is 10.9. The molecule has 100 valence electrons. The van der Waals surface area contributed by atoms with Crippen LogP contribution in [0.15, 0.2) is 42.5 Å². The van der Waals surface area contributed by atoms with Gasteiger partial charge in [0.05, 0.1) is 0 Å². The maximum Gasteiger partial charge on any atom is 0.165 e. The van der Waals surface area contributed by atoms with Crippen LogP contribution in [0.2, 0.25) is 0 Å². The van der Waals surface area contributed by atoms with E-state index in [0.717, 1.165) is 5.56 Å². The summed E-state index contributed by atoms with van der Waals surface area (Å²) in [6.45, 7) is 0.650. The molecule has 0 fully saturated rings. The monoisotopic (exact) mass is 263 g/mol. The van der Waals surface area contributed by atoms with Gasteiger partial charge >= 0.3 is 0 Å². The molecule has 0 radical (unpaired) electrons. The van der Waals surface area contributed by atoms with Crippen molar-refractivity contribution in [2.45, 2.75) is 13.2 Å². The second-order valence-corrected chi connectivity index (χ2v) is 4.18. The van der Waals surface area contributed by atoms with E-state index in [2.05, 4.69) is 5.32 Å². The lowest BCUT2D eigenvalue weighted by Crippen LogP contribution is -2.07. The van der Waals surface area contributed by atoms with Gasteiger partial charge in [-0.25, -0.2) is 8.78 Å². The van der Waals surface area contributed by atoms with Crippen LogP contribution in [0.4, 0.5) is 8.78 Å². The predicted octanol–water partition coefficient (Wildman–Crippen LogP) is 3.26. The van der Waals surface area contributed by atoms with E-state index in [1.807, 2.05) is 7.05 Å². The summed E-state index contributed by atoms with van der Waals surface area (Å²) in [5.74, 6) is -0.675. The molecule has 2 aromatic rings. The average Bonchev–Trinajstić information content (AvgIpc) is 2.41. The number of halogens is 2. The van der Waals surface area contributed by atoms with Crippen LogP contribution in [0.3, 0.4) is 0 Å². The minimum absolute atomic E-state index is 0.00429. The fourth-order valence-corrected chi connectivity index (χ4v) is 1.77. The van der Waals surface area contributed by atoms with Crippen LogP contribution in [0, 0.1) is 11.6 Å². The van der Waals surface area contributed by atoms with Crippen LogP contribution in [-0.2, 0) is 13.2 Å². The predicted molar refractivity (Wildman–Crippen MR) is 69.9 cm³/mol. The Balaban J connectivity index is 2.10. The zero-order chi connectivity index (χ0) is 13.7. The largest absolute Gasteiger partial charge is 0.486 e. The van der Waals surface area contributed by atoms with Crippen LogP contribution in [0.1, 0.15) is 11.1 Å². The molecule has 4 heteroatoms. The average molecular weight is 263 g/mol. The highest BCUT2D eigenvalue weighted by Gasteiger charge is 2.07. The highest BCUT2D eigenvalue weighted by atomic mass is 19.1. The first-order chi connectivity index (χ1) is 9.20. The number of benzene rings is 2. The summed E-state index contributed by atoms with van der Waals surface area (Å²) >= 11 is 0. The van der Waals surface area contributed by atoms with Gasteiger partial charge in [0.2, 0.25) is 0 Å². The van der Waals surface area contributed by atoms with Crippen molar-refractivity contribution in [1.82, 2.24) is 5.32 Å². The third-order valence-corrected chi connectivity index (χ3v) is 2.71. The zero-order valence-corrected chi connectivity index (χ0v) is 10.6. The Morgan fingerprint density at radius 1 is 1.05 bits per heavy atom. The second kappa shape index (κ2) is 6.29. The first kappa shape index (κ1) is 13.5. The summed E-state index contributed by atoms with van der Waals surface area (Å²) in [4.78, 5) is 0. The quantitative estimate of drug-likeness (QED) is 0.894. The Morgan fingerprint density at radius 2 is 1.84 bits per heavy atom. The molecule has 0 atom stereocenters. The Morgan fingerprint density at radius 3 is 2.58 bits per heavy atom. The molecule has 2 aromatic carbocycles. The van der Waals surface area contributed by atoms with E-state index >= 15 is 0 Å². The first-order valence-corrected chi connectivity index (χ1v) is 6.00. The number of ether oxygens (including phenoxy) is 1. The molecule has 0 aliphatic carbocycles. The molecule has 0 saturated heterocycles. The SMILES string of the molecule is CNCc1ccc(F)c(COc2ccccc2F)c1. The summed E-state index contributed by atoms with van der Waals surface area (Å²) in [7, 11) is 1.82. The van der Waals surface area contributed by atoms with E-state index in [0.29, 0.717) is 12.1 Å². The topological polar surface area (TPSA) is 21.3 Å². The molecule has 0 bridgehead atoms. The maximum atomic E-state index is 13.6. The van der Waals surface area contributed by atoms with Gasteiger partial charge in [-0.05, 0) is 36.9 Å². The molecule has 0 heterocycles. The van der Waals surface area contributed by atoms with Gasteiger partial charge in [-0.1, -0.05) is 18.2 Å². The third-order valence-electron chi connectivity index (χ3n) is 2.71. The minimum Gasteiger partial charge on any atom is -0.486 e. The Bertz CT molecular complexity index is 558. The molecule has 19 heavy (non-hydrogen) atoms. The van der Waals surface area contributed by atoms with E-state index in [1.54, 1.807) is 24.3 Å². The second-order valence-electron chi connectivity index (χ2n) is 4.18. The third kappa shape index (κ3) is 3.51. The van der Waals surface area contributed by atoms with Gasteiger partial charge in [-0.3, -0.25) is 0 Å². The Hall–Kier alpha value is -1.94. The molecule has 0 aliphatic rings. The molecule has 0 spiro atoms. The molecule has 0 saturated carbocycles. The van der Waals surface area contributed by atoms with Crippen molar-refractivity contribution in [3.8, 4) is 5.75 Å². The van der Waals surface area contributed by atoms with Gasteiger partial charge in [0, 0.05) is 12.1 Å². The summed E-state index contributed by atoms with van der Waals surface area (Å²) in [5, 5.41) is 2.99. The summed E-state index contributed by atoms with van der Waals surface area (Å²) in [6.07, 6.45) is 0. The molecule has 0 aromatic heterocycles. The number of hydrogen-bond acceptors (Lipinski definition) is 2. The highest BCUT2D eigenvalue weighted by Crippen LogP contribution is 2.18. The van der Waals surface area contributed by atoms with E-state index < -0.39 is 5.82 Å². The summed E-state index contributed by atoms with van der Waals surface area (Å²) < 4.78 is 32.3. The number of hydrogen-bond donors (Lipinski definition) is 1. The lowest BCUT2D eigenvalue weighted by Gasteiger charge is -2.09. The van der Waals surface area contributed by atoms with Crippen LogP contribution in [0.25, 0.3) is 0 Å². The highest BCUT2D eigenvalue weighted by molar-refractivity contribution is 5.27. The summed E-state index contributed by atoms with van der Waals surface area (Å²) in [5.41, 5.74) is 1.37. The van der Waals surface area contributed by atoms with E-state index in [9.17, 15) is 8.78 Å². The molecule has 2 rings (SSSR count). The Labute approximate surface area is 111 Å². The van der Waals surface area contributed by atoms with Crippen molar-refractivity contribution in [2.24, 2.45) is 0 Å². The first-order valence-electron chi connectivity index (χ1n) is 6.00. The maximum absolute atomic E-state index is 13.6. The fourth-order valence-electron chi connectivity index (χ4n) is 1.77. The molecule has 2 nitrogen and oxygen atoms in total. The molecule has 0 unspecified atom stereocenters. The minimum atomic E-state index is -0.450. The normalized spacial score (nSPS) is 10.5. The van der Waals surface area contributed by atoms with Crippen LogP contribution in [0.5, 0.6) is 5.75 Å². The molecule has 0 aliphatic heterocycles. The van der Waals surface area contributed by atoms with Gasteiger partial charge in [0.1, 0.15) is 12.4 Å². The van der Waals surface area contributed by atoms with E-state index in [1.165, 1.54) is 18.2 Å². The van der Waals surface area contributed by atoms with Crippen molar-refractivity contribution >= 4 is 0 Å². The van der Waals surface area contributed by atoms with Crippen LogP contribution >= 0.6 is 0 Å².